The summed E-state index contributed by atoms with van der Waals surface area (Å²) >= 11 is 3.29. The Kier molecular flexibility index (Phi) is 3.67. The lowest BCUT2D eigenvalue weighted by Gasteiger charge is -2.05. The lowest BCUT2D eigenvalue weighted by atomic mass is 10.2. The summed E-state index contributed by atoms with van der Waals surface area (Å²) in [4.78, 5) is 0. The molecule has 18 heavy (non-hydrogen) atoms. The van der Waals surface area contributed by atoms with E-state index in [0.29, 0.717) is 11.5 Å². The number of halogens is 1. The summed E-state index contributed by atoms with van der Waals surface area (Å²) in [6.45, 7) is 1.58. The minimum absolute atomic E-state index is 0.125. The van der Waals surface area contributed by atoms with Crippen molar-refractivity contribution in [1.82, 2.24) is 10.2 Å². The van der Waals surface area contributed by atoms with E-state index in [4.69, 9.17) is 4.42 Å². The first-order valence-electron chi connectivity index (χ1n) is 5.00. The maximum atomic E-state index is 11.9. The summed E-state index contributed by atoms with van der Waals surface area (Å²) in [6, 6.07) is 6.96. The van der Waals surface area contributed by atoms with E-state index in [1.54, 1.807) is 25.1 Å². The third kappa shape index (κ3) is 3.30. The summed E-state index contributed by atoms with van der Waals surface area (Å²) < 4.78 is 31.7. The highest BCUT2D eigenvalue weighted by atomic mass is 79.9. The van der Waals surface area contributed by atoms with Crippen molar-refractivity contribution >= 4 is 32.0 Å². The van der Waals surface area contributed by atoms with Crippen molar-refractivity contribution in [2.45, 2.75) is 12.7 Å². The van der Waals surface area contributed by atoms with Gasteiger partial charge in [0.15, 0.2) is 0 Å². The van der Waals surface area contributed by atoms with E-state index in [1.807, 2.05) is 6.07 Å². The van der Waals surface area contributed by atoms with Crippen LogP contribution in [0.25, 0.3) is 0 Å². The van der Waals surface area contributed by atoms with Crippen LogP contribution in [0.15, 0.2) is 33.2 Å². The average Bonchev–Trinajstić information content (AvgIpc) is 2.66. The largest absolute Gasteiger partial charge is 0.408 e. The molecule has 6 nitrogen and oxygen atoms in total. The number of sulfonamides is 1. The summed E-state index contributed by atoms with van der Waals surface area (Å²) in [6.07, 6.45) is 0. The molecule has 1 N–H and O–H groups in total. The van der Waals surface area contributed by atoms with Crippen LogP contribution in [0.1, 0.15) is 11.5 Å². The first-order chi connectivity index (χ1) is 8.46. The minimum atomic E-state index is -3.57. The molecule has 0 bridgehead atoms. The number of nitrogens with zero attached hydrogens (tertiary/aromatic N) is 2. The van der Waals surface area contributed by atoms with Crippen molar-refractivity contribution in [2.75, 3.05) is 4.72 Å². The third-order valence-corrected chi connectivity index (χ3v) is 4.02. The zero-order chi connectivity index (χ0) is 13.2. The molecule has 0 aliphatic carbocycles. The quantitative estimate of drug-likeness (QED) is 0.927. The number of aryl methyl sites for hydroxylation is 1. The van der Waals surface area contributed by atoms with Crippen molar-refractivity contribution in [3.8, 4) is 0 Å². The molecule has 0 spiro atoms. The van der Waals surface area contributed by atoms with E-state index in [9.17, 15) is 8.42 Å². The minimum Gasteiger partial charge on any atom is -0.408 e. The Morgan fingerprint density at radius 1 is 1.33 bits per heavy atom. The van der Waals surface area contributed by atoms with Gasteiger partial charge in [0.25, 0.3) is 0 Å². The van der Waals surface area contributed by atoms with Gasteiger partial charge in [-0.05, 0) is 11.6 Å². The molecule has 1 heterocycles. The Bertz CT molecular complexity index is 654. The van der Waals surface area contributed by atoms with Crippen molar-refractivity contribution < 1.29 is 12.8 Å². The maximum Gasteiger partial charge on any atom is 0.329 e. The Labute approximate surface area is 113 Å². The first kappa shape index (κ1) is 13.0. The molecule has 0 aliphatic heterocycles. The highest BCUT2D eigenvalue weighted by Gasteiger charge is 2.16. The summed E-state index contributed by atoms with van der Waals surface area (Å²) in [7, 11) is -3.57. The summed E-state index contributed by atoms with van der Waals surface area (Å²) in [5.74, 6) is 0.129. The van der Waals surface area contributed by atoms with Gasteiger partial charge >= 0.3 is 6.01 Å². The van der Waals surface area contributed by atoms with Crippen molar-refractivity contribution in [1.29, 1.82) is 0 Å². The molecule has 96 valence electrons. The molecule has 8 heteroatoms. The number of benzene rings is 1. The number of hydrogen-bond donors (Lipinski definition) is 1. The molecule has 1 aromatic carbocycles. The van der Waals surface area contributed by atoms with Crippen LogP contribution in [0.5, 0.6) is 0 Å². The Hall–Kier alpha value is -1.41. The second kappa shape index (κ2) is 5.07. The standard InChI is InChI=1S/C10H10BrN3O3S/c1-7-12-13-10(17-7)14-18(15,16)6-8-4-2-3-5-9(8)11/h2-5H,6H2,1H3,(H,13,14). The van der Waals surface area contributed by atoms with Gasteiger partial charge in [-0.1, -0.05) is 39.2 Å². The molecular formula is C10H10BrN3O3S. The predicted octanol–water partition coefficient (Wildman–Crippen LogP) is 2.08. The molecule has 0 atom stereocenters. The van der Waals surface area contributed by atoms with E-state index in [1.165, 1.54) is 0 Å². The van der Waals surface area contributed by atoms with Crippen LogP contribution in [-0.4, -0.2) is 18.6 Å². The predicted molar refractivity (Wildman–Crippen MR) is 69.4 cm³/mol. The van der Waals surface area contributed by atoms with E-state index < -0.39 is 10.0 Å². The third-order valence-electron chi connectivity index (χ3n) is 2.07. The SMILES string of the molecule is Cc1nnc(NS(=O)(=O)Cc2ccccc2Br)o1. The smallest absolute Gasteiger partial charge is 0.329 e. The zero-order valence-corrected chi connectivity index (χ0v) is 11.8. The maximum absolute atomic E-state index is 11.9. The fourth-order valence-electron chi connectivity index (χ4n) is 1.33. The van der Waals surface area contributed by atoms with Gasteiger partial charge in [-0.3, -0.25) is 0 Å². The van der Waals surface area contributed by atoms with Gasteiger partial charge in [-0.15, -0.1) is 5.10 Å². The van der Waals surface area contributed by atoms with Gasteiger partial charge in [0.05, 0.1) is 5.75 Å². The lowest BCUT2D eigenvalue weighted by Crippen LogP contribution is -2.15. The number of hydrogen-bond acceptors (Lipinski definition) is 5. The van der Waals surface area contributed by atoms with Gasteiger partial charge < -0.3 is 4.42 Å². The van der Waals surface area contributed by atoms with Crippen LogP contribution in [0.4, 0.5) is 6.01 Å². The number of aromatic nitrogens is 2. The molecule has 0 amide bonds. The van der Waals surface area contributed by atoms with Gasteiger partial charge in [0.1, 0.15) is 0 Å². The fraction of sp³-hybridized carbons (Fsp3) is 0.200. The van der Waals surface area contributed by atoms with Gasteiger partial charge in [-0.2, -0.15) is 0 Å². The van der Waals surface area contributed by atoms with Crippen LogP contribution in [0.2, 0.25) is 0 Å². The highest BCUT2D eigenvalue weighted by molar-refractivity contribution is 9.10. The molecule has 0 radical (unpaired) electrons. The van der Waals surface area contributed by atoms with Crippen LogP contribution in [0.3, 0.4) is 0 Å². The molecule has 1 aromatic heterocycles. The number of rotatable bonds is 4. The molecule has 0 fully saturated rings. The van der Waals surface area contributed by atoms with Crippen molar-refractivity contribution in [3.05, 3.63) is 40.2 Å². The highest BCUT2D eigenvalue weighted by Crippen LogP contribution is 2.19. The molecular weight excluding hydrogens is 322 g/mol. The van der Waals surface area contributed by atoms with Crippen LogP contribution < -0.4 is 4.72 Å². The Morgan fingerprint density at radius 2 is 2.06 bits per heavy atom. The van der Waals surface area contributed by atoms with Crippen molar-refractivity contribution in [3.63, 3.8) is 0 Å². The van der Waals surface area contributed by atoms with Crippen LogP contribution in [-0.2, 0) is 15.8 Å². The Morgan fingerprint density at radius 3 is 2.67 bits per heavy atom. The van der Waals surface area contributed by atoms with E-state index in [-0.39, 0.29) is 11.8 Å². The first-order valence-corrected chi connectivity index (χ1v) is 7.45. The second-order valence-electron chi connectivity index (χ2n) is 3.58. The molecule has 2 rings (SSSR count). The average molecular weight is 332 g/mol. The summed E-state index contributed by atoms with van der Waals surface area (Å²) in [5.41, 5.74) is 0.654. The fourth-order valence-corrected chi connectivity index (χ4v) is 3.02. The Balaban J connectivity index is 2.15. The normalized spacial score (nSPS) is 11.4. The molecule has 2 aromatic rings. The van der Waals surface area contributed by atoms with Crippen LogP contribution >= 0.6 is 15.9 Å². The van der Waals surface area contributed by atoms with Crippen molar-refractivity contribution in [2.24, 2.45) is 0 Å². The van der Waals surface area contributed by atoms with Gasteiger partial charge in [-0.25, -0.2) is 13.1 Å². The monoisotopic (exact) mass is 331 g/mol. The second-order valence-corrected chi connectivity index (χ2v) is 6.16. The van der Waals surface area contributed by atoms with E-state index >= 15 is 0 Å². The number of nitrogens with one attached hydrogen (secondary N) is 1. The van der Waals surface area contributed by atoms with E-state index in [0.717, 1.165) is 4.47 Å². The zero-order valence-electron chi connectivity index (χ0n) is 9.42. The van der Waals surface area contributed by atoms with Gasteiger partial charge in [0, 0.05) is 11.4 Å². The van der Waals surface area contributed by atoms with Gasteiger partial charge in [0.2, 0.25) is 15.9 Å². The van der Waals surface area contributed by atoms with E-state index in [2.05, 4.69) is 30.8 Å². The number of anilines is 1. The van der Waals surface area contributed by atoms with Crippen LogP contribution in [0, 0.1) is 6.92 Å². The molecule has 0 saturated carbocycles. The molecule has 0 unspecified atom stereocenters. The molecule has 0 aliphatic rings. The molecule has 0 saturated heterocycles. The lowest BCUT2D eigenvalue weighted by molar-refractivity contribution is 0.534. The topological polar surface area (TPSA) is 85.1 Å². The summed E-state index contributed by atoms with van der Waals surface area (Å²) in [5, 5.41) is 7.12.